The number of hydrogen-bond donors (Lipinski definition) is 0. The highest BCUT2D eigenvalue weighted by atomic mass is 35.7. The molecule has 1 aromatic rings. The fourth-order valence-corrected chi connectivity index (χ4v) is 3.73. The minimum Gasteiger partial charge on any atom is -0.489 e. The van der Waals surface area contributed by atoms with Gasteiger partial charge in [-0.1, -0.05) is 19.9 Å². The highest BCUT2D eigenvalue weighted by Crippen LogP contribution is 2.34. The van der Waals surface area contributed by atoms with E-state index in [0.29, 0.717) is 17.6 Å². The Hall–Kier alpha value is -0.740. The second-order valence-corrected chi connectivity index (χ2v) is 8.43. The molecule has 1 fully saturated rings. The number of rotatable bonds is 3. The summed E-state index contributed by atoms with van der Waals surface area (Å²) in [7, 11) is 1.71. The Bertz CT molecular complexity index is 583. The topological polar surface area (TPSA) is 43.4 Å². The van der Waals surface area contributed by atoms with Crippen molar-refractivity contribution in [2.45, 2.75) is 51.0 Å². The SMILES string of the molecule is Cc1ccc(OC2CCC(C)C(C)C2)c(S(=O)(=O)Cl)c1. The van der Waals surface area contributed by atoms with Gasteiger partial charge in [0.15, 0.2) is 0 Å². The van der Waals surface area contributed by atoms with Crippen molar-refractivity contribution in [1.29, 1.82) is 0 Å². The summed E-state index contributed by atoms with van der Waals surface area (Å²) in [5.41, 5.74) is 0.849. The van der Waals surface area contributed by atoms with E-state index in [1.807, 2.05) is 13.0 Å². The van der Waals surface area contributed by atoms with Crippen LogP contribution in [0.5, 0.6) is 5.75 Å². The third-order valence-corrected chi connectivity index (χ3v) is 5.55. The van der Waals surface area contributed by atoms with Crippen LogP contribution < -0.4 is 4.74 Å². The third kappa shape index (κ3) is 3.67. The molecule has 1 saturated carbocycles. The number of benzene rings is 1. The molecule has 3 unspecified atom stereocenters. The van der Waals surface area contributed by atoms with Crippen LogP contribution in [-0.4, -0.2) is 14.5 Å². The second-order valence-electron chi connectivity index (χ2n) is 5.90. The third-order valence-electron chi connectivity index (χ3n) is 4.21. The molecule has 20 heavy (non-hydrogen) atoms. The lowest BCUT2D eigenvalue weighted by Gasteiger charge is -2.32. The van der Waals surface area contributed by atoms with Gasteiger partial charge >= 0.3 is 0 Å². The van der Waals surface area contributed by atoms with E-state index in [9.17, 15) is 8.42 Å². The van der Waals surface area contributed by atoms with Gasteiger partial charge in [0, 0.05) is 10.7 Å². The number of hydrogen-bond acceptors (Lipinski definition) is 3. The largest absolute Gasteiger partial charge is 0.489 e. The highest BCUT2D eigenvalue weighted by Gasteiger charge is 2.27. The monoisotopic (exact) mass is 316 g/mol. The standard InChI is InChI=1S/C15H21ClO3S/c1-10-4-7-14(15(8-10)20(16,17)18)19-13-6-5-11(2)12(3)9-13/h4,7-8,11-13H,5-6,9H2,1-3H3. The van der Waals surface area contributed by atoms with Crippen LogP contribution in [0.25, 0.3) is 0 Å². The van der Waals surface area contributed by atoms with Crippen molar-refractivity contribution in [2.24, 2.45) is 11.8 Å². The summed E-state index contributed by atoms with van der Waals surface area (Å²) in [6.07, 6.45) is 3.10. The minimum absolute atomic E-state index is 0.0704. The average Bonchev–Trinajstić information content (AvgIpc) is 2.35. The minimum atomic E-state index is -3.78. The summed E-state index contributed by atoms with van der Waals surface area (Å²) in [4.78, 5) is 0.0745. The van der Waals surface area contributed by atoms with Crippen molar-refractivity contribution in [3.63, 3.8) is 0 Å². The predicted molar refractivity (Wildman–Crippen MR) is 80.8 cm³/mol. The molecular weight excluding hydrogens is 296 g/mol. The molecule has 5 heteroatoms. The van der Waals surface area contributed by atoms with Gasteiger partial charge in [-0.05, 0) is 55.7 Å². The van der Waals surface area contributed by atoms with Crippen LogP contribution in [0.4, 0.5) is 0 Å². The number of ether oxygens (including phenoxy) is 1. The Kier molecular flexibility index (Phi) is 4.65. The molecule has 0 N–H and O–H groups in total. The molecule has 3 nitrogen and oxygen atoms in total. The lowest BCUT2D eigenvalue weighted by Crippen LogP contribution is -2.29. The maximum absolute atomic E-state index is 11.6. The van der Waals surface area contributed by atoms with Crippen LogP contribution in [0.3, 0.4) is 0 Å². The Labute approximate surface area is 125 Å². The molecule has 0 bridgehead atoms. The van der Waals surface area contributed by atoms with E-state index in [1.54, 1.807) is 12.1 Å². The summed E-state index contributed by atoms with van der Waals surface area (Å²) >= 11 is 0. The Balaban J connectivity index is 2.22. The second kappa shape index (κ2) is 5.94. The fraction of sp³-hybridized carbons (Fsp3) is 0.600. The van der Waals surface area contributed by atoms with Crippen molar-refractivity contribution in [2.75, 3.05) is 0 Å². The molecule has 0 amide bonds. The quantitative estimate of drug-likeness (QED) is 0.788. The van der Waals surface area contributed by atoms with Crippen LogP contribution >= 0.6 is 10.7 Å². The lowest BCUT2D eigenvalue weighted by molar-refractivity contribution is 0.0980. The van der Waals surface area contributed by atoms with E-state index < -0.39 is 9.05 Å². The number of halogens is 1. The summed E-state index contributed by atoms with van der Waals surface area (Å²) in [6.45, 7) is 6.30. The normalized spacial score (nSPS) is 27.3. The molecule has 0 heterocycles. The summed E-state index contributed by atoms with van der Waals surface area (Å²) in [5, 5.41) is 0. The van der Waals surface area contributed by atoms with Gasteiger partial charge in [-0.15, -0.1) is 0 Å². The van der Waals surface area contributed by atoms with Gasteiger partial charge in [-0.3, -0.25) is 0 Å². The highest BCUT2D eigenvalue weighted by molar-refractivity contribution is 8.13. The zero-order valence-corrected chi connectivity index (χ0v) is 13.7. The van der Waals surface area contributed by atoms with Crippen molar-refractivity contribution in [3.05, 3.63) is 23.8 Å². The lowest BCUT2D eigenvalue weighted by atomic mass is 9.80. The molecular formula is C15H21ClO3S. The van der Waals surface area contributed by atoms with Gasteiger partial charge < -0.3 is 4.74 Å². The van der Waals surface area contributed by atoms with Gasteiger partial charge in [0.1, 0.15) is 10.6 Å². The maximum atomic E-state index is 11.6. The summed E-state index contributed by atoms with van der Waals surface area (Å²) in [5.74, 6) is 1.66. The molecule has 112 valence electrons. The molecule has 0 saturated heterocycles. The van der Waals surface area contributed by atoms with Crippen LogP contribution in [0.1, 0.15) is 38.7 Å². The summed E-state index contributed by atoms with van der Waals surface area (Å²) < 4.78 is 29.2. The first kappa shape index (κ1) is 15.6. The van der Waals surface area contributed by atoms with E-state index in [4.69, 9.17) is 15.4 Å². The van der Waals surface area contributed by atoms with E-state index in [1.165, 1.54) is 0 Å². The van der Waals surface area contributed by atoms with Crippen LogP contribution in [0.15, 0.2) is 23.1 Å². The first-order valence-corrected chi connectivity index (χ1v) is 9.30. The zero-order chi connectivity index (χ0) is 14.9. The Morgan fingerprint density at radius 3 is 2.50 bits per heavy atom. The van der Waals surface area contributed by atoms with Crippen molar-refractivity contribution >= 4 is 19.7 Å². The average molecular weight is 317 g/mol. The van der Waals surface area contributed by atoms with Crippen LogP contribution in [0.2, 0.25) is 0 Å². The molecule has 0 aliphatic heterocycles. The smallest absolute Gasteiger partial charge is 0.264 e. The molecule has 0 spiro atoms. The van der Waals surface area contributed by atoms with Gasteiger partial charge in [0.05, 0.1) is 6.10 Å². The Morgan fingerprint density at radius 2 is 1.90 bits per heavy atom. The van der Waals surface area contributed by atoms with E-state index in [0.717, 1.165) is 24.8 Å². The van der Waals surface area contributed by atoms with Gasteiger partial charge in [0.2, 0.25) is 0 Å². The number of aryl methyl sites for hydroxylation is 1. The van der Waals surface area contributed by atoms with Crippen molar-refractivity contribution in [3.8, 4) is 5.75 Å². The zero-order valence-electron chi connectivity index (χ0n) is 12.1. The van der Waals surface area contributed by atoms with Crippen molar-refractivity contribution in [1.82, 2.24) is 0 Å². The van der Waals surface area contributed by atoms with E-state index in [-0.39, 0.29) is 11.0 Å². The molecule has 0 aromatic heterocycles. The molecule has 1 aromatic carbocycles. The van der Waals surface area contributed by atoms with Gasteiger partial charge in [-0.25, -0.2) is 8.42 Å². The first-order chi connectivity index (χ1) is 9.27. The van der Waals surface area contributed by atoms with Gasteiger partial charge in [-0.2, -0.15) is 0 Å². The van der Waals surface area contributed by atoms with Crippen molar-refractivity contribution < 1.29 is 13.2 Å². The summed E-state index contributed by atoms with van der Waals surface area (Å²) in [6, 6.07) is 5.11. The predicted octanol–water partition coefficient (Wildman–Crippen LogP) is 4.13. The molecule has 0 radical (unpaired) electrons. The molecule has 1 aliphatic carbocycles. The van der Waals surface area contributed by atoms with E-state index >= 15 is 0 Å². The molecule has 3 atom stereocenters. The fourth-order valence-electron chi connectivity index (χ4n) is 2.69. The maximum Gasteiger partial charge on any atom is 0.264 e. The van der Waals surface area contributed by atoms with Crippen LogP contribution in [-0.2, 0) is 9.05 Å². The molecule has 2 rings (SSSR count). The molecule has 1 aliphatic rings. The van der Waals surface area contributed by atoms with Crippen LogP contribution in [0, 0.1) is 18.8 Å². The first-order valence-electron chi connectivity index (χ1n) is 6.99. The Morgan fingerprint density at radius 1 is 1.20 bits per heavy atom. The van der Waals surface area contributed by atoms with E-state index in [2.05, 4.69) is 13.8 Å². The van der Waals surface area contributed by atoms with Gasteiger partial charge in [0.25, 0.3) is 9.05 Å².